The van der Waals surface area contributed by atoms with E-state index < -0.39 is 5.97 Å². The summed E-state index contributed by atoms with van der Waals surface area (Å²) >= 11 is 0. The number of rotatable bonds is 2. The number of ether oxygens (including phenoxy) is 3. The van der Waals surface area contributed by atoms with Gasteiger partial charge < -0.3 is 14.2 Å². The Hall–Kier alpha value is -1.34. The Labute approximate surface area is 131 Å². The van der Waals surface area contributed by atoms with Crippen molar-refractivity contribution in [1.82, 2.24) is 0 Å². The van der Waals surface area contributed by atoms with E-state index in [4.69, 9.17) is 20.6 Å². The van der Waals surface area contributed by atoms with E-state index in [9.17, 15) is 0 Å². The van der Waals surface area contributed by atoms with E-state index in [2.05, 4.69) is 5.92 Å². The Balaban J connectivity index is 1.53. The van der Waals surface area contributed by atoms with E-state index in [0.29, 0.717) is 5.92 Å². The van der Waals surface area contributed by atoms with Crippen molar-refractivity contribution in [2.45, 2.75) is 38.1 Å². The molecule has 0 aromatic heterocycles. The Kier molecular flexibility index (Phi) is 3.49. The normalized spacial score (nSPS) is 35.2. The van der Waals surface area contributed by atoms with Gasteiger partial charge in [-0.05, 0) is 43.0 Å². The summed E-state index contributed by atoms with van der Waals surface area (Å²) in [6.45, 7) is 2.19. The number of fused-ring (bicyclic) bond motifs is 3. The molecule has 0 radical (unpaired) electrons. The summed E-state index contributed by atoms with van der Waals surface area (Å²) in [6.07, 6.45) is 12.0. The highest BCUT2D eigenvalue weighted by Crippen LogP contribution is 2.50. The lowest BCUT2D eigenvalue weighted by molar-refractivity contribution is -0.486. The molecule has 3 heterocycles. The fourth-order valence-corrected chi connectivity index (χ4v) is 4.06. The van der Waals surface area contributed by atoms with Crippen molar-refractivity contribution in [3.8, 4) is 12.3 Å². The molecule has 0 N–H and O–H groups in total. The van der Waals surface area contributed by atoms with Crippen LogP contribution in [0.2, 0.25) is 0 Å². The summed E-state index contributed by atoms with van der Waals surface area (Å²) in [5.74, 6) is 2.27. The van der Waals surface area contributed by atoms with Crippen LogP contribution in [0.5, 0.6) is 0 Å². The zero-order valence-electron chi connectivity index (χ0n) is 12.8. The molecule has 3 heteroatoms. The molecule has 4 aliphatic rings. The molecular weight excluding hydrogens is 276 g/mol. The first-order valence-electron chi connectivity index (χ1n) is 8.25. The number of benzene rings is 1. The van der Waals surface area contributed by atoms with Gasteiger partial charge in [-0.2, -0.15) is 0 Å². The summed E-state index contributed by atoms with van der Waals surface area (Å²) < 4.78 is 18.3. The maximum absolute atomic E-state index is 6.08. The van der Waals surface area contributed by atoms with Crippen LogP contribution in [0.3, 0.4) is 0 Å². The molecule has 1 aromatic rings. The van der Waals surface area contributed by atoms with Gasteiger partial charge in [0.05, 0.1) is 19.8 Å². The predicted octanol–water partition coefficient (Wildman–Crippen LogP) is 3.42. The topological polar surface area (TPSA) is 27.7 Å². The number of terminal acetylenes is 1. The third-order valence-electron chi connectivity index (χ3n) is 5.53. The molecule has 4 fully saturated rings. The van der Waals surface area contributed by atoms with Gasteiger partial charge in [0.15, 0.2) is 0 Å². The lowest BCUT2D eigenvalue weighted by atomic mass is 9.69. The van der Waals surface area contributed by atoms with Gasteiger partial charge in [-0.25, -0.2) is 0 Å². The molecule has 1 aliphatic carbocycles. The Bertz CT molecular complexity index is 553. The zero-order chi connectivity index (χ0) is 15.0. The first-order chi connectivity index (χ1) is 10.8. The van der Waals surface area contributed by atoms with Crippen molar-refractivity contribution in [2.24, 2.45) is 11.3 Å². The largest absolute Gasteiger partial charge is 0.323 e. The van der Waals surface area contributed by atoms with Crippen LogP contribution in [0.1, 0.15) is 43.2 Å². The smallest absolute Gasteiger partial charge is 0.312 e. The standard InChI is InChI=1S/C19H22O3/c1-2-15-8-10-17(11-9-15)19-20-12-18(13-21-19,14-22-19)16-6-4-3-5-7-16/h1,8-11,16H,3-7,12-14H2. The summed E-state index contributed by atoms with van der Waals surface area (Å²) in [5, 5.41) is 0. The van der Waals surface area contributed by atoms with Gasteiger partial charge in [-0.3, -0.25) is 0 Å². The van der Waals surface area contributed by atoms with Crippen LogP contribution >= 0.6 is 0 Å². The summed E-state index contributed by atoms with van der Waals surface area (Å²) in [7, 11) is 0. The van der Waals surface area contributed by atoms with E-state index in [1.54, 1.807) is 0 Å². The average Bonchev–Trinajstić information content (AvgIpc) is 2.64. The highest BCUT2D eigenvalue weighted by atomic mass is 16.9. The Morgan fingerprint density at radius 1 is 0.909 bits per heavy atom. The van der Waals surface area contributed by atoms with Crippen molar-refractivity contribution in [3.05, 3.63) is 35.4 Å². The molecule has 3 nitrogen and oxygen atoms in total. The lowest BCUT2D eigenvalue weighted by Crippen LogP contribution is -2.61. The quantitative estimate of drug-likeness (QED) is 0.783. The molecule has 2 bridgehead atoms. The van der Waals surface area contributed by atoms with Crippen LogP contribution < -0.4 is 0 Å². The summed E-state index contributed by atoms with van der Waals surface area (Å²) in [6, 6.07) is 7.68. The van der Waals surface area contributed by atoms with E-state index in [-0.39, 0.29) is 5.41 Å². The van der Waals surface area contributed by atoms with E-state index in [0.717, 1.165) is 30.9 Å². The first kappa shape index (κ1) is 14.3. The molecule has 22 heavy (non-hydrogen) atoms. The minimum absolute atomic E-state index is 0.0565. The van der Waals surface area contributed by atoms with Crippen molar-refractivity contribution < 1.29 is 14.2 Å². The first-order valence-corrected chi connectivity index (χ1v) is 8.25. The van der Waals surface area contributed by atoms with E-state index in [1.165, 1.54) is 32.1 Å². The monoisotopic (exact) mass is 298 g/mol. The summed E-state index contributed by atoms with van der Waals surface area (Å²) in [5.41, 5.74) is 1.80. The van der Waals surface area contributed by atoms with Crippen LogP contribution in [-0.4, -0.2) is 19.8 Å². The van der Waals surface area contributed by atoms with Gasteiger partial charge in [0.25, 0.3) is 0 Å². The molecule has 0 atom stereocenters. The molecule has 0 amide bonds. The van der Waals surface area contributed by atoms with Gasteiger partial charge in [0, 0.05) is 16.5 Å². The minimum Gasteiger partial charge on any atom is -0.323 e. The molecule has 1 aromatic carbocycles. The maximum atomic E-state index is 6.08. The molecule has 3 aliphatic heterocycles. The predicted molar refractivity (Wildman–Crippen MR) is 82.9 cm³/mol. The fourth-order valence-electron chi connectivity index (χ4n) is 4.06. The molecule has 0 unspecified atom stereocenters. The van der Waals surface area contributed by atoms with Crippen LogP contribution in [-0.2, 0) is 20.2 Å². The molecule has 1 saturated carbocycles. The van der Waals surface area contributed by atoms with Gasteiger partial charge >= 0.3 is 5.97 Å². The minimum atomic E-state index is -1.02. The second-order valence-electron chi connectivity index (χ2n) is 6.84. The number of hydrogen-bond acceptors (Lipinski definition) is 3. The highest BCUT2D eigenvalue weighted by Gasteiger charge is 2.56. The Morgan fingerprint density at radius 2 is 1.50 bits per heavy atom. The van der Waals surface area contributed by atoms with Crippen molar-refractivity contribution in [2.75, 3.05) is 19.8 Å². The van der Waals surface area contributed by atoms with Crippen molar-refractivity contribution >= 4 is 0 Å². The van der Waals surface area contributed by atoms with Gasteiger partial charge in [0.1, 0.15) is 0 Å². The third-order valence-corrected chi connectivity index (χ3v) is 5.53. The maximum Gasteiger partial charge on any atom is 0.312 e. The fraction of sp³-hybridized carbons (Fsp3) is 0.579. The van der Waals surface area contributed by atoms with Crippen LogP contribution in [0, 0.1) is 23.7 Å². The van der Waals surface area contributed by atoms with Crippen molar-refractivity contribution in [3.63, 3.8) is 0 Å². The Morgan fingerprint density at radius 3 is 2.05 bits per heavy atom. The highest BCUT2D eigenvalue weighted by molar-refractivity contribution is 5.35. The molecular formula is C19H22O3. The molecule has 5 rings (SSSR count). The van der Waals surface area contributed by atoms with E-state index >= 15 is 0 Å². The van der Waals surface area contributed by atoms with Crippen molar-refractivity contribution in [1.29, 1.82) is 0 Å². The molecule has 3 saturated heterocycles. The van der Waals surface area contributed by atoms with Crippen LogP contribution in [0.4, 0.5) is 0 Å². The second-order valence-corrected chi connectivity index (χ2v) is 6.84. The third kappa shape index (κ3) is 2.18. The van der Waals surface area contributed by atoms with Gasteiger partial charge in [-0.15, -0.1) is 6.42 Å². The summed E-state index contributed by atoms with van der Waals surface area (Å²) in [4.78, 5) is 0. The average molecular weight is 298 g/mol. The van der Waals surface area contributed by atoms with Gasteiger partial charge in [-0.1, -0.05) is 25.2 Å². The molecule has 116 valence electrons. The second kappa shape index (κ2) is 5.38. The van der Waals surface area contributed by atoms with Gasteiger partial charge in [0.2, 0.25) is 0 Å². The molecule has 0 spiro atoms. The number of hydrogen-bond donors (Lipinski definition) is 0. The van der Waals surface area contributed by atoms with Crippen LogP contribution in [0.15, 0.2) is 24.3 Å². The van der Waals surface area contributed by atoms with Crippen LogP contribution in [0.25, 0.3) is 0 Å². The lowest BCUT2D eigenvalue weighted by Gasteiger charge is -2.55. The SMILES string of the molecule is C#Cc1ccc(C23OCC(C4CCCCC4)(CO2)CO3)cc1. The zero-order valence-corrected chi connectivity index (χ0v) is 12.8. The van der Waals surface area contributed by atoms with E-state index in [1.807, 2.05) is 24.3 Å².